The van der Waals surface area contributed by atoms with Crippen LogP contribution in [0.15, 0.2) is 24.5 Å². The van der Waals surface area contributed by atoms with Gasteiger partial charge in [-0.25, -0.2) is 9.37 Å². The van der Waals surface area contributed by atoms with Gasteiger partial charge in [-0.3, -0.25) is 4.40 Å². The molecule has 13 heavy (non-hydrogen) atoms. The average molecular weight is 179 g/mol. The van der Waals surface area contributed by atoms with Gasteiger partial charge in [0.25, 0.3) is 0 Å². The molecule has 1 unspecified atom stereocenters. The molecule has 0 spiro atoms. The maximum atomic E-state index is 13.0. The van der Waals surface area contributed by atoms with Crippen molar-refractivity contribution in [3.63, 3.8) is 0 Å². The zero-order valence-electron chi connectivity index (χ0n) is 7.24. The van der Waals surface area contributed by atoms with Crippen molar-refractivity contribution in [3.8, 4) is 0 Å². The lowest BCUT2D eigenvalue weighted by atomic mass is 10.3. The van der Waals surface area contributed by atoms with Crippen molar-refractivity contribution in [1.29, 1.82) is 0 Å². The summed E-state index contributed by atoms with van der Waals surface area (Å²) in [6, 6.07) is 3.51. The molecule has 0 saturated heterocycles. The van der Waals surface area contributed by atoms with Gasteiger partial charge < -0.3 is 5.73 Å². The predicted molar refractivity (Wildman–Crippen MR) is 49.1 cm³/mol. The van der Waals surface area contributed by atoms with Gasteiger partial charge in [-0.2, -0.15) is 0 Å². The number of halogens is 1. The van der Waals surface area contributed by atoms with E-state index in [0.717, 1.165) is 0 Å². The lowest BCUT2D eigenvalue weighted by molar-refractivity contribution is 0.364. The smallest absolute Gasteiger partial charge is 0.139 e. The van der Waals surface area contributed by atoms with Crippen LogP contribution in [0, 0.1) is 0 Å². The largest absolute Gasteiger partial charge is 0.398 e. The average Bonchev–Trinajstić information content (AvgIpc) is 2.46. The number of imidazole rings is 1. The summed E-state index contributed by atoms with van der Waals surface area (Å²) < 4.78 is 14.7. The second-order valence-corrected chi connectivity index (χ2v) is 2.99. The van der Waals surface area contributed by atoms with Crippen molar-refractivity contribution < 1.29 is 4.39 Å². The van der Waals surface area contributed by atoms with Crippen LogP contribution >= 0.6 is 0 Å². The van der Waals surface area contributed by atoms with E-state index >= 15 is 0 Å². The van der Waals surface area contributed by atoms with Crippen LogP contribution in [-0.4, -0.2) is 9.38 Å². The van der Waals surface area contributed by atoms with Gasteiger partial charge >= 0.3 is 0 Å². The second kappa shape index (κ2) is 2.73. The molecule has 2 heterocycles. The second-order valence-electron chi connectivity index (χ2n) is 2.99. The van der Waals surface area contributed by atoms with E-state index in [1.807, 2.05) is 0 Å². The molecule has 2 aromatic heterocycles. The van der Waals surface area contributed by atoms with Gasteiger partial charge in [-0.15, -0.1) is 0 Å². The van der Waals surface area contributed by atoms with E-state index in [1.165, 1.54) is 13.1 Å². The van der Waals surface area contributed by atoms with Crippen LogP contribution in [0.5, 0.6) is 0 Å². The number of nitrogen functional groups attached to an aromatic ring is 1. The molecule has 0 radical (unpaired) electrons. The first kappa shape index (κ1) is 8.04. The van der Waals surface area contributed by atoms with Gasteiger partial charge in [0, 0.05) is 11.9 Å². The Kier molecular flexibility index (Phi) is 1.69. The van der Waals surface area contributed by atoms with Crippen molar-refractivity contribution in [2.75, 3.05) is 5.73 Å². The van der Waals surface area contributed by atoms with Crippen molar-refractivity contribution in [2.45, 2.75) is 13.1 Å². The zero-order chi connectivity index (χ0) is 9.42. The summed E-state index contributed by atoms with van der Waals surface area (Å²) in [6.45, 7) is 1.48. The number of aromatic nitrogens is 2. The molecular weight excluding hydrogens is 169 g/mol. The van der Waals surface area contributed by atoms with E-state index in [-0.39, 0.29) is 0 Å². The molecule has 1 atom stereocenters. The van der Waals surface area contributed by atoms with E-state index in [4.69, 9.17) is 5.73 Å². The van der Waals surface area contributed by atoms with E-state index in [2.05, 4.69) is 4.98 Å². The number of anilines is 1. The van der Waals surface area contributed by atoms with Crippen LogP contribution in [0.25, 0.3) is 5.65 Å². The summed E-state index contributed by atoms with van der Waals surface area (Å²) in [5.74, 6) is 0. The van der Waals surface area contributed by atoms with Gasteiger partial charge in [0.05, 0.1) is 11.9 Å². The van der Waals surface area contributed by atoms with Gasteiger partial charge in [0.15, 0.2) is 0 Å². The van der Waals surface area contributed by atoms with Crippen molar-refractivity contribution in [2.24, 2.45) is 0 Å². The Hall–Kier alpha value is -1.58. The highest BCUT2D eigenvalue weighted by atomic mass is 19.1. The van der Waals surface area contributed by atoms with Crippen LogP contribution in [0.3, 0.4) is 0 Å². The number of pyridine rings is 1. The van der Waals surface area contributed by atoms with E-state index in [9.17, 15) is 4.39 Å². The van der Waals surface area contributed by atoms with Crippen molar-refractivity contribution >= 4 is 11.3 Å². The molecule has 2 aromatic rings. The molecule has 4 heteroatoms. The molecule has 0 saturated carbocycles. The monoisotopic (exact) mass is 179 g/mol. The van der Waals surface area contributed by atoms with Gasteiger partial charge in [-0.1, -0.05) is 0 Å². The van der Waals surface area contributed by atoms with Crippen LogP contribution in [0.2, 0.25) is 0 Å². The molecule has 3 nitrogen and oxygen atoms in total. The topological polar surface area (TPSA) is 43.3 Å². The number of fused-ring (bicyclic) bond motifs is 1. The summed E-state index contributed by atoms with van der Waals surface area (Å²) in [7, 11) is 0. The summed E-state index contributed by atoms with van der Waals surface area (Å²) in [5, 5.41) is 0. The molecule has 68 valence electrons. The van der Waals surface area contributed by atoms with Gasteiger partial charge in [-0.05, 0) is 19.1 Å². The van der Waals surface area contributed by atoms with Crippen molar-refractivity contribution in [1.82, 2.24) is 9.38 Å². The first-order chi connectivity index (χ1) is 6.18. The van der Waals surface area contributed by atoms with Gasteiger partial charge in [0.2, 0.25) is 0 Å². The highest BCUT2D eigenvalue weighted by Gasteiger charge is 2.09. The number of alkyl halides is 1. The lowest BCUT2D eigenvalue weighted by Crippen LogP contribution is -1.95. The third-order valence-electron chi connectivity index (χ3n) is 1.96. The highest BCUT2D eigenvalue weighted by Crippen LogP contribution is 2.18. The van der Waals surface area contributed by atoms with E-state index in [0.29, 0.717) is 17.0 Å². The Morgan fingerprint density at radius 3 is 3.00 bits per heavy atom. The maximum Gasteiger partial charge on any atom is 0.139 e. The number of rotatable bonds is 1. The molecule has 0 aromatic carbocycles. The zero-order valence-corrected chi connectivity index (χ0v) is 7.24. The van der Waals surface area contributed by atoms with Crippen molar-refractivity contribution in [3.05, 3.63) is 30.2 Å². The molecule has 0 bridgehead atoms. The fraction of sp³-hybridized carbons (Fsp3) is 0.222. The van der Waals surface area contributed by atoms with Crippen LogP contribution in [-0.2, 0) is 0 Å². The summed E-state index contributed by atoms with van der Waals surface area (Å²) in [5.41, 5.74) is 7.43. The summed E-state index contributed by atoms with van der Waals surface area (Å²) >= 11 is 0. The summed E-state index contributed by atoms with van der Waals surface area (Å²) in [4.78, 5) is 4.05. The van der Waals surface area contributed by atoms with Gasteiger partial charge in [0.1, 0.15) is 11.8 Å². The lowest BCUT2D eigenvalue weighted by Gasteiger charge is -2.02. The Morgan fingerprint density at radius 2 is 2.31 bits per heavy atom. The van der Waals surface area contributed by atoms with Crippen LogP contribution in [0.1, 0.15) is 18.8 Å². The SMILES string of the molecule is CC(F)c1cnc2ccc(N)cn12. The Balaban J connectivity index is 2.71. The molecular formula is C9H10FN3. The fourth-order valence-corrected chi connectivity index (χ4v) is 1.31. The molecule has 0 aliphatic heterocycles. The fourth-order valence-electron chi connectivity index (χ4n) is 1.31. The minimum Gasteiger partial charge on any atom is -0.398 e. The standard InChI is InChI=1S/C9H10FN3/c1-6(10)8-4-12-9-3-2-7(11)5-13(8)9/h2-6H,11H2,1H3. The Labute approximate surface area is 75.0 Å². The van der Waals surface area contributed by atoms with E-state index < -0.39 is 6.17 Å². The first-order valence-corrected chi connectivity index (χ1v) is 4.05. The number of hydrogen-bond donors (Lipinski definition) is 1. The molecule has 0 fully saturated rings. The molecule has 0 amide bonds. The molecule has 2 rings (SSSR count). The van der Waals surface area contributed by atoms with Crippen LogP contribution in [0.4, 0.5) is 10.1 Å². The highest BCUT2D eigenvalue weighted by molar-refractivity contribution is 5.48. The predicted octanol–water partition coefficient (Wildman–Crippen LogP) is 1.95. The summed E-state index contributed by atoms with van der Waals surface area (Å²) in [6.07, 6.45) is 2.17. The third-order valence-corrected chi connectivity index (χ3v) is 1.96. The number of nitrogens with two attached hydrogens (primary N) is 1. The molecule has 0 aliphatic carbocycles. The molecule has 2 N–H and O–H groups in total. The first-order valence-electron chi connectivity index (χ1n) is 4.05. The third kappa shape index (κ3) is 1.24. The van der Waals surface area contributed by atoms with E-state index in [1.54, 1.807) is 22.7 Å². The quantitative estimate of drug-likeness (QED) is 0.727. The minimum atomic E-state index is -1.03. The number of nitrogens with zero attached hydrogens (tertiary/aromatic N) is 2. The Bertz CT molecular complexity index is 433. The molecule has 0 aliphatic rings. The minimum absolute atomic E-state index is 0.530. The maximum absolute atomic E-state index is 13.0. The number of hydrogen-bond acceptors (Lipinski definition) is 2. The normalized spacial score (nSPS) is 13.4. The Morgan fingerprint density at radius 1 is 1.54 bits per heavy atom. The van der Waals surface area contributed by atoms with Crippen LogP contribution < -0.4 is 5.73 Å².